The molecule has 0 amide bonds. The molecule has 44 valence electrons. The second-order valence-electron chi connectivity index (χ2n) is 1.11. The lowest BCUT2D eigenvalue weighted by Gasteiger charge is -1.80. The first-order chi connectivity index (χ1) is 3.81. The Morgan fingerprint density at radius 3 is 2.75 bits per heavy atom. The molecule has 0 aromatic rings. The van der Waals surface area contributed by atoms with Gasteiger partial charge in [-0.3, -0.25) is 0 Å². The SMILES string of the molecule is C=N/C(C)=N\C=C\Br. The summed E-state index contributed by atoms with van der Waals surface area (Å²) in [4.78, 5) is 9.03. The van der Waals surface area contributed by atoms with Crippen LogP contribution in [0.2, 0.25) is 0 Å². The maximum absolute atomic E-state index is 3.82. The van der Waals surface area contributed by atoms with Gasteiger partial charge < -0.3 is 0 Å². The Kier molecular flexibility index (Phi) is 4.45. The van der Waals surface area contributed by atoms with Gasteiger partial charge in [-0.2, -0.15) is 0 Å². The van der Waals surface area contributed by atoms with E-state index >= 15 is 0 Å². The molecule has 2 nitrogen and oxygen atoms in total. The topological polar surface area (TPSA) is 24.7 Å². The quantitative estimate of drug-likeness (QED) is 0.430. The molecular formula is C5H7BrN2. The molecule has 0 bridgehead atoms. The molecule has 0 saturated heterocycles. The summed E-state index contributed by atoms with van der Waals surface area (Å²) in [6.07, 6.45) is 1.60. The summed E-state index contributed by atoms with van der Waals surface area (Å²) in [6, 6.07) is 0. The first-order valence-electron chi connectivity index (χ1n) is 2.07. The molecule has 0 aromatic heterocycles. The van der Waals surface area contributed by atoms with Gasteiger partial charge in [0.2, 0.25) is 0 Å². The Morgan fingerprint density at radius 1 is 1.75 bits per heavy atom. The second-order valence-corrected chi connectivity index (χ2v) is 1.64. The van der Waals surface area contributed by atoms with Crippen LogP contribution in [0.15, 0.2) is 21.2 Å². The fourth-order valence-corrected chi connectivity index (χ4v) is 0.295. The molecule has 0 aliphatic rings. The normalized spacial score (nSPS) is 12.5. The first kappa shape index (κ1) is 7.56. The van der Waals surface area contributed by atoms with Gasteiger partial charge in [0.15, 0.2) is 0 Å². The van der Waals surface area contributed by atoms with Crippen LogP contribution < -0.4 is 0 Å². The molecule has 0 rings (SSSR count). The fourth-order valence-electron chi connectivity index (χ4n) is 0.177. The summed E-state index contributed by atoms with van der Waals surface area (Å²) < 4.78 is 0. The van der Waals surface area contributed by atoms with Crippen molar-refractivity contribution in [3.05, 3.63) is 11.2 Å². The van der Waals surface area contributed by atoms with Crippen molar-refractivity contribution in [3.63, 3.8) is 0 Å². The van der Waals surface area contributed by atoms with Crippen LogP contribution in [0.1, 0.15) is 6.92 Å². The van der Waals surface area contributed by atoms with Gasteiger partial charge in [-0.15, -0.1) is 0 Å². The molecule has 0 atom stereocenters. The van der Waals surface area contributed by atoms with E-state index in [1.54, 1.807) is 18.1 Å². The highest BCUT2D eigenvalue weighted by Crippen LogP contribution is 1.84. The zero-order valence-corrected chi connectivity index (χ0v) is 6.22. The predicted molar refractivity (Wildman–Crippen MR) is 40.7 cm³/mol. The zero-order valence-electron chi connectivity index (χ0n) is 4.63. The van der Waals surface area contributed by atoms with Crippen LogP contribution in [0.25, 0.3) is 0 Å². The van der Waals surface area contributed by atoms with Crippen molar-refractivity contribution in [2.75, 3.05) is 0 Å². The lowest BCUT2D eigenvalue weighted by atomic mass is 10.7. The average Bonchev–Trinajstić information content (AvgIpc) is 1.83. The first-order valence-corrected chi connectivity index (χ1v) is 2.99. The van der Waals surface area contributed by atoms with E-state index in [9.17, 15) is 0 Å². The zero-order chi connectivity index (χ0) is 6.41. The number of hydrogen-bond donors (Lipinski definition) is 0. The minimum Gasteiger partial charge on any atom is -0.250 e. The van der Waals surface area contributed by atoms with Gasteiger partial charge >= 0.3 is 0 Å². The third kappa shape index (κ3) is 3.74. The Morgan fingerprint density at radius 2 is 2.38 bits per heavy atom. The maximum Gasteiger partial charge on any atom is 0.124 e. The summed E-state index contributed by atoms with van der Waals surface area (Å²) >= 11 is 3.06. The minimum absolute atomic E-state index is 0.667. The summed E-state index contributed by atoms with van der Waals surface area (Å²) in [5, 5.41) is 0. The average molecular weight is 175 g/mol. The molecule has 0 fully saturated rings. The van der Waals surface area contributed by atoms with Crippen molar-refractivity contribution in [1.82, 2.24) is 0 Å². The Balaban J connectivity index is 3.74. The molecule has 0 spiro atoms. The van der Waals surface area contributed by atoms with E-state index in [-0.39, 0.29) is 0 Å². The van der Waals surface area contributed by atoms with E-state index in [0.29, 0.717) is 5.84 Å². The monoisotopic (exact) mass is 174 g/mol. The number of aliphatic imine (C=N–C) groups is 2. The molecule has 0 N–H and O–H groups in total. The van der Waals surface area contributed by atoms with Crippen LogP contribution in [0.3, 0.4) is 0 Å². The molecule has 3 heteroatoms. The van der Waals surface area contributed by atoms with Crippen molar-refractivity contribution < 1.29 is 0 Å². The standard InChI is InChI=1S/C5H7BrN2/c1-5(7-2)8-4-3-6/h3-4H,2H2,1H3/b4-3+,8-5-. The van der Waals surface area contributed by atoms with Gasteiger partial charge in [-0.05, 0) is 18.6 Å². The molecule has 0 heterocycles. The molecule has 0 aliphatic heterocycles. The summed E-state index contributed by atoms with van der Waals surface area (Å²) in [5.41, 5.74) is 0. The summed E-state index contributed by atoms with van der Waals surface area (Å²) in [5.74, 6) is 0.667. The molecule has 8 heavy (non-hydrogen) atoms. The van der Waals surface area contributed by atoms with Crippen molar-refractivity contribution in [2.45, 2.75) is 6.92 Å². The van der Waals surface area contributed by atoms with Gasteiger partial charge in [0.25, 0.3) is 0 Å². The van der Waals surface area contributed by atoms with Gasteiger partial charge in [0.1, 0.15) is 5.84 Å². The third-order valence-corrected chi connectivity index (χ3v) is 0.783. The lowest BCUT2D eigenvalue weighted by molar-refractivity contribution is 1.48. The number of halogens is 1. The maximum atomic E-state index is 3.82. The van der Waals surface area contributed by atoms with E-state index in [0.717, 1.165) is 0 Å². The Hall–Kier alpha value is -0.440. The molecule has 0 unspecified atom stereocenters. The van der Waals surface area contributed by atoms with Crippen LogP contribution in [-0.2, 0) is 0 Å². The smallest absolute Gasteiger partial charge is 0.124 e. The van der Waals surface area contributed by atoms with Crippen molar-refractivity contribution >= 4 is 28.5 Å². The number of hydrogen-bond acceptors (Lipinski definition) is 1. The second kappa shape index (κ2) is 4.71. The van der Waals surface area contributed by atoms with Crippen molar-refractivity contribution in [3.8, 4) is 0 Å². The largest absolute Gasteiger partial charge is 0.250 e. The summed E-state index contributed by atoms with van der Waals surface area (Å²) in [7, 11) is 0. The molecule has 0 saturated carbocycles. The van der Waals surface area contributed by atoms with E-state index < -0.39 is 0 Å². The number of amidine groups is 1. The van der Waals surface area contributed by atoms with E-state index in [1.807, 2.05) is 0 Å². The van der Waals surface area contributed by atoms with Crippen LogP contribution >= 0.6 is 15.9 Å². The minimum atomic E-state index is 0.667. The predicted octanol–water partition coefficient (Wildman–Crippen LogP) is 1.97. The lowest BCUT2D eigenvalue weighted by Crippen LogP contribution is -1.78. The molecule has 0 radical (unpaired) electrons. The summed E-state index contributed by atoms with van der Waals surface area (Å²) in [6.45, 7) is 5.06. The van der Waals surface area contributed by atoms with Crippen LogP contribution in [-0.4, -0.2) is 12.6 Å². The van der Waals surface area contributed by atoms with Gasteiger partial charge in [-0.25, -0.2) is 9.98 Å². The van der Waals surface area contributed by atoms with Crippen LogP contribution in [0, 0.1) is 0 Å². The molecular weight excluding hydrogens is 168 g/mol. The van der Waals surface area contributed by atoms with Crippen molar-refractivity contribution in [1.29, 1.82) is 0 Å². The fraction of sp³-hybridized carbons (Fsp3) is 0.200. The Bertz CT molecular complexity index is 126. The number of rotatable bonds is 1. The van der Waals surface area contributed by atoms with Gasteiger partial charge in [-0.1, -0.05) is 15.9 Å². The van der Waals surface area contributed by atoms with E-state index in [4.69, 9.17) is 0 Å². The molecule has 0 aliphatic carbocycles. The highest BCUT2D eigenvalue weighted by atomic mass is 79.9. The van der Waals surface area contributed by atoms with Gasteiger partial charge in [0.05, 0.1) is 0 Å². The van der Waals surface area contributed by atoms with Crippen molar-refractivity contribution in [2.24, 2.45) is 9.98 Å². The highest BCUT2D eigenvalue weighted by molar-refractivity contribution is 9.11. The van der Waals surface area contributed by atoms with Crippen LogP contribution in [0.4, 0.5) is 0 Å². The van der Waals surface area contributed by atoms with E-state index in [1.165, 1.54) is 0 Å². The third-order valence-electron chi connectivity index (χ3n) is 0.547. The van der Waals surface area contributed by atoms with Gasteiger partial charge in [0, 0.05) is 6.20 Å². The number of nitrogens with zero attached hydrogens (tertiary/aromatic N) is 2. The molecule has 0 aromatic carbocycles. The Labute approximate surface area is 57.2 Å². The highest BCUT2D eigenvalue weighted by Gasteiger charge is 1.73. The van der Waals surface area contributed by atoms with Crippen LogP contribution in [0.5, 0.6) is 0 Å². The van der Waals surface area contributed by atoms with E-state index in [2.05, 4.69) is 32.6 Å².